The first-order valence-electron chi connectivity index (χ1n) is 11.7. The normalized spacial score (nSPS) is 15.1. The molecule has 2 aromatic carbocycles. The molecule has 0 atom stereocenters. The minimum Gasteiger partial charge on any atom is -0.354 e. The van der Waals surface area contributed by atoms with Gasteiger partial charge in [-0.3, -0.25) is 10.3 Å². The molecule has 0 spiro atoms. The molecule has 1 aromatic heterocycles. The second kappa shape index (κ2) is 12.8. The van der Waals surface area contributed by atoms with Gasteiger partial charge in [-0.05, 0) is 49.2 Å². The first kappa shape index (κ1) is 23.8. The lowest BCUT2D eigenvalue weighted by molar-refractivity contribution is 0.236. The third kappa shape index (κ3) is 7.08. The molecule has 6 nitrogen and oxygen atoms in total. The van der Waals surface area contributed by atoms with E-state index in [0.717, 1.165) is 31.9 Å². The van der Waals surface area contributed by atoms with E-state index in [1.54, 1.807) is 24.5 Å². The molecule has 0 saturated carbocycles. The van der Waals surface area contributed by atoms with E-state index in [2.05, 4.69) is 97.9 Å². The van der Waals surface area contributed by atoms with Gasteiger partial charge in [-0.2, -0.15) is 5.26 Å². The summed E-state index contributed by atoms with van der Waals surface area (Å²) in [6, 6.07) is 25.3. The van der Waals surface area contributed by atoms with E-state index in [0.29, 0.717) is 16.5 Å². The summed E-state index contributed by atoms with van der Waals surface area (Å²) in [7, 11) is 0. The number of rotatable bonds is 8. The Morgan fingerprint density at radius 2 is 1.62 bits per heavy atom. The van der Waals surface area contributed by atoms with E-state index in [4.69, 9.17) is 5.26 Å². The van der Waals surface area contributed by atoms with Crippen molar-refractivity contribution in [1.82, 2.24) is 20.5 Å². The van der Waals surface area contributed by atoms with Gasteiger partial charge in [0, 0.05) is 30.7 Å². The number of piperidine rings is 1. The van der Waals surface area contributed by atoms with E-state index >= 15 is 0 Å². The average molecular weight is 471 g/mol. The Balaban J connectivity index is 1.27. The Kier molecular flexibility index (Phi) is 8.95. The van der Waals surface area contributed by atoms with Gasteiger partial charge < -0.3 is 10.2 Å². The Morgan fingerprint density at radius 1 is 1.00 bits per heavy atom. The Hall–Kier alpha value is -3.34. The van der Waals surface area contributed by atoms with E-state index in [9.17, 15) is 0 Å². The van der Waals surface area contributed by atoms with Crippen LogP contribution in [0.2, 0.25) is 0 Å². The standard InChI is InChI=1S/C27H30N6S/c28-21-31-27(32-24-11-15-29-16-12-24)30-17-20-33-18-13-25(14-19-33)34-26(22-7-3-1-4-8-22)23-9-5-2-6-10-23/h1-12,15-16,25-26H,13-14,17-20H2,(H2,29,30,31,32). The smallest absolute Gasteiger partial charge is 0.209 e. The average Bonchev–Trinajstić information content (AvgIpc) is 2.90. The molecule has 0 unspecified atom stereocenters. The minimum atomic E-state index is 0.365. The van der Waals surface area contributed by atoms with Crippen molar-refractivity contribution in [3.8, 4) is 6.19 Å². The summed E-state index contributed by atoms with van der Waals surface area (Å²) in [5.41, 5.74) is 3.50. The molecule has 0 aliphatic carbocycles. The number of aromatic nitrogens is 1. The number of pyridine rings is 1. The molecule has 0 amide bonds. The number of aliphatic imine (C=N–C) groups is 1. The van der Waals surface area contributed by atoms with Gasteiger partial charge >= 0.3 is 0 Å². The van der Waals surface area contributed by atoms with E-state index in [1.807, 2.05) is 6.19 Å². The van der Waals surface area contributed by atoms with Crippen LogP contribution in [0, 0.1) is 11.5 Å². The second-order valence-corrected chi connectivity index (χ2v) is 9.62. The molecule has 3 aromatic rings. The van der Waals surface area contributed by atoms with Crippen molar-refractivity contribution in [3.63, 3.8) is 0 Å². The Bertz CT molecular complexity index is 1020. The van der Waals surface area contributed by atoms with Crippen molar-refractivity contribution >= 4 is 23.4 Å². The summed E-state index contributed by atoms with van der Waals surface area (Å²) in [4.78, 5) is 10.9. The second-order valence-electron chi connectivity index (χ2n) is 8.21. The largest absolute Gasteiger partial charge is 0.354 e. The number of hydrogen-bond donors (Lipinski definition) is 2. The molecule has 1 fully saturated rings. The number of nitrogens with one attached hydrogen (secondary N) is 2. The van der Waals surface area contributed by atoms with E-state index in [-0.39, 0.29) is 0 Å². The van der Waals surface area contributed by atoms with Crippen LogP contribution in [0.1, 0.15) is 29.2 Å². The molecule has 174 valence electrons. The van der Waals surface area contributed by atoms with Gasteiger partial charge in [0.1, 0.15) is 0 Å². The summed E-state index contributed by atoms with van der Waals surface area (Å²) in [5.74, 6) is 0.465. The molecular weight excluding hydrogens is 440 g/mol. The number of thioether (sulfide) groups is 1. The van der Waals surface area contributed by atoms with Gasteiger partial charge in [0.25, 0.3) is 0 Å². The van der Waals surface area contributed by atoms with Crippen LogP contribution in [-0.4, -0.2) is 47.3 Å². The molecule has 2 N–H and O–H groups in total. The minimum absolute atomic E-state index is 0.365. The van der Waals surface area contributed by atoms with Gasteiger partial charge in [0.2, 0.25) is 5.96 Å². The molecule has 2 heterocycles. The van der Waals surface area contributed by atoms with Crippen LogP contribution in [0.25, 0.3) is 0 Å². The summed E-state index contributed by atoms with van der Waals surface area (Å²) in [6.07, 6.45) is 7.68. The summed E-state index contributed by atoms with van der Waals surface area (Å²) in [6.45, 7) is 3.81. The summed E-state index contributed by atoms with van der Waals surface area (Å²) >= 11 is 2.10. The number of hydrogen-bond acceptors (Lipinski definition) is 5. The van der Waals surface area contributed by atoms with Crippen LogP contribution in [0.3, 0.4) is 0 Å². The highest BCUT2D eigenvalue weighted by atomic mass is 32.2. The lowest BCUT2D eigenvalue weighted by Crippen LogP contribution is -2.42. The van der Waals surface area contributed by atoms with Crippen molar-refractivity contribution in [2.24, 2.45) is 4.99 Å². The third-order valence-corrected chi connectivity index (χ3v) is 7.54. The summed E-state index contributed by atoms with van der Waals surface area (Å²) < 4.78 is 0. The van der Waals surface area contributed by atoms with Gasteiger partial charge in [0.15, 0.2) is 6.19 Å². The zero-order valence-electron chi connectivity index (χ0n) is 19.2. The number of guanidine groups is 1. The quantitative estimate of drug-likeness (QED) is 0.215. The monoisotopic (exact) mass is 470 g/mol. The molecule has 1 saturated heterocycles. The summed E-state index contributed by atoms with van der Waals surface area (Å²) in [5, 5.41) is 15.9. The maximum absolute atomic E-state index is 9.02. The number of nitriles is 1. The molecule has 34 heavy (non-hydrogen) atoms. The Labute approximate surface area is 206 Å². The third-order valence-electron chi connectivity index (χ3n) is 5.87. The maximum atomic E-state index is 9.02. The van der Waals surface area contributed by atoms with Gasteiger partial charge in [0.05, 0.1) is 10.9 Å². The topological polar surface area (TPSA) is 76.3 Å². The highest BCUT2D eigenvalue weighted by Crippen LogP contribution is 2.41. The first-order chi connectivity index (χ1) is 16.8. The van der Waals surface area contributed by atoms with Crippen molar-refractivity contribution in [2.45, 2.75) is 23.3 Å². The van der Waals surface area contributed by atoms with E-state index < -0.39 is 0 Å². The molecule has 1 aliphatic rings. The SMILES string of the molecule is N#CN/C(=N\c1ccncc1)NCCN1CCC(SC(c2ccccc2)c2ccccc2)CC1. The lowest BCUT2D eigenvalue weighted by Gasteiger charge is -2.33. The van der Waals surface area contributed by atoms with E-state index in [1.165, 1.54) is 24.0 Å². The van der Waals surface area contributed by atoms with Crippen molar-refractivity contribution in [3.05, 3.63) is 96.3 Å². The molecule has 0 bridgehead atoms. The van der Waals surface area contributed by atoms with Crippen LogP contribution < -0.4 is 10.6 Å². The number of likely N-dealkylation sites (tertiary alicyclic amines) is 1. The van der Waals surface area contributed by atoms with Crippen molar-refractivity contribution in [2.75, 3.05) is 26.2 Å². The van der Waals surface area contributed by atoms with Crippen molar-refractivity contribution in [1.29, 1.82) is 5.26 Å². The molecule has 4 rings (SSSR count). The lowest BCUT2D eigenvalue weighted by atomic mass is 10.0. The van der Waals surface area contributed by atoms with Crippen LogP contribution in [0.15, 0.2) is 90.2 Å². The highest BCUT2D eigenvalue weighted by molar-refractivity contribution is 8.00. The fraction of sp³-hybridized carbons (Fsp3) is 0.296. The van der Waals surface area contributed by atoms with Crippen LogP contribution in [0.5, 0.6) is 0 Å². The molecule has 0 radical (unpaired) electrons. The molecule has 1 aliphatic heterocycles. The van der Waals surface area contributed by atoms with Crippen LogP contribution in [-0.2, 0) is 0 Å². The highest BCUT2D eigenvalue weighted by Gasteiger charge is 2.24. The zero-order chi connectivity index (χ0) is 23.4. The van der Waals surface area contributed by atoms with Crippen LogP contribution >= 0.6 is 11.8 Å². The zero-order valence-corrected chi connectivity index (χ0v) is 20.0. The van der Waals surface area contributed by atoms with Crippen LogP contribution in [0.4, 0.5) is 5.69 Å². The fourth-order valence-electron chi connectivity index (χ4n) is 4.11. The molecule has 7 heteroatoms. The van der Waals surface area contributed by atoms with Gasteiger partial charge in [-0.25, -0.2) is 4.99 Å². The van der Waals surface area contributed by atoms with Crippen molar-refractivity contribution < 1.29 is 0 Å². The maximum Gasteiger partial charge on any atom is 0.209 e. The Morgan fingerprint density at radius 3 is 2.21 bits per heavy atom. The fourth-order valence-corrected chi connectivity index (χ4v) is 5.61. The first-order valence-corrected chi connectivity index (χ1v) is 12.6. The predicted molar refractivity (Wildman–Crippen MR) is 140 cm³/mol. The number of nitrogens with zero attached hydrogens (tertiary/aromatic N) is 4. The molecular formula is C27H30N6S. The van der Waals surface area contributed by atoms with Gasteiger partial charge in [-0.1, -0.05) is 60.7 Å². The predicted octanol–water partition coefficient (Wildman–Crippen LogP) is 4.72. The van der Waals surface area contributed by atoms with Gasteiger partial charge in [-0.15, -0.1) is 11.8 Å². The number of benzene rings is 2.